The molecule has 0 unspecified atom stereocenters. The summed E-state index contributed by atoms with van der Waals surface area (Å²) in [6, 6.07) is 0. The van der Waals surface area contributed by atoms with Crippen molar-refractivity contribution < 1.29 is 9.59 Å². The van der Waals surface area contributed by atoms with E-state index in [4.69, 9.17) is 0 Å². The topological polar surface area (TPSA) is 58.2 Å². The Labute approximate surface area is 111 Å². The van der Waals surface area contributed by atoms with E-state index in [0.29, 0.717) is 0 Å². The fraction of sp³-hybridized carbons (Fsp3) is 0.800. The number of rotatable bonds is 0. The lowest BCUT2D eigenvalue weighted by atomic mass is 11.2. The van der Waals surface area contributed by atoms with Crippen LogP contribution in [-0.2, 0) is 0 Å². The molecule has 0 spiro atoms. The number of nitrogens with one attached hydrogen (secondary N) is 2. The molecule has 0 aromatic heterocycles. The van der Waals surface area contributed by atoms with Crippen LogP contribution < -0.4 is 10.6 Å². The maximum Gasteiger partial charge on any atom is 0.278 e. The van der Waals surface area contributed by atoms with Gasteiger partial charge < -0.3 is 10.6 Å². The fourth-order valence-corrected chi connectivity index (χ4v) is 0.612. The summed E-state index contributed by atoms with van der Waals surface area (Å²) >= 11 is 2.35. The lowest BCUT2D eigenvalue weighted by molar-refractivity contribution is 0.261. The summed E-state index contributed by atoms with van der Waals surface area (Å²) in [5.41, 5.74) is 0. The molecular weight excluding hydrogens is 244 g/mol. The normalized spacial score (nSPS) is 5.75. The summed E-state index contributed by atoms with van der Waals surface area (Å²) in [7, 11) is 3.22. The molecule has 2 N–H and O–H groups in total. The van der Waals surface area contributed by atoms with Crippen LogP contribution in [0.5, 0.6) is 0 Å². The summed E-state index contributed by atoms with van der Waals surface area (Å²) in [6.45, 7) is 0. The molecule has 16 heavy (non-hydrogen) atoms. The predicted molar refractivity (Wildman–Crippen MR) is 82.9 cm³/mol. The first-order valence-corrected chi connectivity index (χ1v) is 5.58. The van der Waals surface area contributed by atoms with Crippen LogP contribution in [0.2, 0.25) is 0 Å². The third-order valence-electron chi connectivity index (χ3n) is 0.779. The first-order chi connectivity index (χ1) is 5.62. The quantitative estimate of drug-likeness (QED) is 0.703. The highest BCUT2D eigenvalue weighted by atomic mass is 32.2. The van der Waals surface area contributed by atoms with E-state index < -0.39 is 0 Å². The standard InChI is InChI=1S/2C3H7NOS.4CH4/c2*1-4-3(5)6-2;;;;/h2*1-2H3,(H,4,5);4*1H4. The number of hydrogen-bond donors (Lipinski definition) is 2. The van der Waals surface area contributed by atoms with Gasteiger partial charge >= 0.3 is 0 Å². The van der Waals surface area contributed by atoms with Crippen LogP contribution in [0.25, 0.3) is 0 Å². The van der Waals surface area contributed by atoms with Crippen LogP contribution in [0.1, 0.15) is 29.7 Å². The predicted octanol–water partition coefficient (Wildman–Crippen LogP) is 3.92. The van der Waals surface area contributed by atoms with Gasteiger partial charge in [0, 0.05) is 14.1 Å². The Morgan fingerprint density at radius 1 is 0.750 bits per heavy atom. The summed E-state index contributed by atoms with van der Waals surface area (Å²) in [4.78, 5) is 20.1. The van der Waals surface area contributed by atoms with E-state index in [1.807, 2.05) is 0 Å². The minimum Gasteiger partial charge on any atom is -0.350 e. The van der Waals surface area contributed by atoms with Gasteiger partial charge in [0.05, 0.1) is 0 Å². The van der Waals surface area contributed by atoms with Crippen molar-refractivity contribution >= 4 is 34.0 Å². The molecule has 0 rings (SSSR count). The van der Waals surface area contributed by atoms with Gasteiger partial charge in [-0.2, -0.15) is 0 Å². The van der Waals surface area contributed by atoms with E-state index in [2.05, 4.69) is 10.6 Å². The van der Waals surface area contributed by atoms with Crippen molar-refractivity contribution in [1.82, 2.24) is 10.6 Å². The monoisotopic (exact) mass is 274 g/mol. The summed E-state index contributed by atoms with van der Waals surface area (Å²) < 4.78 is 0. The molecule has 0 radical (unpaired) electrons. The SMILES string of the molecule is C.C.C.C.CNC(=O)SC.CNC(=O)SC. The minimum atomic E-state index is 0. The maximum absolute atomic E-state index is 10.0. The summed E-state index contributed by atoms with van der Waals surface area (Å²) in [5, 5.41) is 4.90. The van der Waals surface area contributed by atoms with Gasteiger partial charge in [0.15, 0.2) is 0 Å². The third kappa shape index (κ3) is 37.3. The van der Waals surface area contributed by atoms with Crippen LogP contribution in [-0.4, -0.2) is 37.1 Å². The summed E-state index contributed by atoms with van der Waals surface area (Å²) in [6.07, 6.45) is 3.47. The Morgan fingerprint density at radius 3 is 0.938 bits per heavy atom. The zero-order valence-corrected chi connectivity index (χ0v) is 9.27. The van der Waals surface area contributed by atoms with Gasteiger partial charge in [-0.3, -0.25) is 9.59 Å². The van der Waals surface area contributed by atoms with E-state index in [-0.39, 0.29) is 40.2 Å². The molecule has 2 amide bonds. The van der Waals surface area contributed by atoms with Crippen molar-refractivity contribution in [2.45, 2.75) is 29.7 Å². The molecule has 0 heterocycles. The van der Waals surface area contributed by atoms with E-state index in [0.717, 1.165) is 0 Å². The van der Waals surface area contributed by atoms with E-state index >= 15 is 0 Å². The van der Waals surface area contributed by atoms with Crippen LogP contribution in [0, 0.1) is 0 Å². The Kier molecular flexibility index (Phi) is 66.1. The van der Waals surface area contributed by atoms with Crippen LogP contribution in [0.4, 0.5) is 9.59 Å². The molecule has 0 atom stereocenters. The second-order valence-corrected chi connectivity index (χ2v) is 3.04. The Morgan fingerprint density at radius 2 is 0.938 bits per heavy atom. The van der Waals surface area contributed by atoms with Crippen molar-refractivity contribution in [2.24, 2.45) is 0 Å². The number of carbonyl (C=O) groups is 2. The number of carbonyl (C=O) groups excluding carboxylic acids is 2. The van der Waals surface area contributed by atoms with Crippen molar-refractivity contribution in [3.8, 4) is 0 Å². The average molecular weight is 274 g/mol. The Balaban J connectivity index is -0.0000000250. The summed E-state index contributed by atoms with van der Waals surface area (Å²) in [5.74, 6) is 0. The zero-order valence-electron chi connectivity index (χ0n) is 7.63. The number of thioether (sulfide) groups is 2. The molecule has 0 aliphatic rings. The molecule has 0 saturated heterocycles. The van der Waals surface area contributed by atoms with Crippen molar-refractivity contribution in [3.05, 3.63) is 0 Å². The van der Waals surface area contributed by atoms with Gasteiger partial charge in [-0.1, -0.05) is 53.2 Å². The second kappa shape index (κ2) is 29.3. The van der Waals surface area contributed by atoms with Crippen LogP contribution >= 0.6 is 23.5 Å². The van der Waals surface area contributed by atoms with Gasteiger partial charge in [0.1, 0.15) is 0 Å². The first kappa shape index (κ1) is 36.1. The average Bonchev–Trinajstić information content (AvgIpc) is 2.16. The van der Waals surface area contributed by atoms with Gasteiger partial charge in [-0.15, -0.1) is 0 Å². The molecule has 0 saturated carbocycles. The fourth-order valence-electron chi connectivity index (χ4n) is 0.204. The minimum absolute atomic E-state index is 0. The van der Waals surface area contributed by atoms with E-state index in [1.54, 1.807) is 26.6 Å². The highest BCUT2D eigenvalue weighted by Crippen LogP contribution is 1.89. The molecule has 104 valence electrons. The third-order valence-corrected chi connectivity index (χ3v) is 1.93. The van der Waals surface area contributed by atoms with Crippen LogP contribution in [0.15, 0.2) is 0 Å². The second-order valence-electron chi connectivity index (χ2n) is 1.48. The highest BCUT2D eigenvalue weighted by molar-refractivity contribution is 8.13. The van der Waals surface area contributed by atoms with Gasteiger partial charge in [0.2, 0.25) is 0 Å². The maximum atomic E-state index is 10.0. The van der Waals surface area contributed by atoms with Crippen molar-refractivity contribution in [1.29, 1.82) is 0 Å². The molecule has 4 nitrogen and oxygen atoms in total. The molecule has 0 aliphatic heterocycles. The lowest BCUT2D eigenvalue weighted by Gasteiger charge is -1.86. The molecule has 0 aliphatic carbocycles. The first-order valence-electron chi connectivity index (χ1n) is 3.13. The molecule has 0 bridgehead atoms. The number of amides is 2. The van der Waals surface area contributed by atoms with E-state index in [9.17, 15) is 9.59 Å². The largest absolute Gasteiger partial charge is 0.350 e. The molecule has 0 aromatic rings. The highest BCUT2D eigenvalue weighted by Gasteiger charge is 1.85. The van der Waals surface area contributed by atoms with E-state index in [1.165, 1.54) is 23.5 Å². The smallest absolute Gasteiger partial charge is 0.278 e. The molecular formula is C10H30N2O2S2. The van der Waals surface area contributed by atoms with Crippen LogP contribution in [0.3, 0.4) is 0 Å². The Bertz CT molecular complexity index is 117. The molecule has 0 aromatic carbocycles. The van der Waals surface area contributed by atoms with Gasteiger partial charge in [0.25, 0.3) is 10.5 Å². The lowest BCUT2D eigenvalue weighted by Crippen LogP contribution is -2.09. The van der Waals surface area contributed by atoms with Crippen molar-refractivity contribution in [2.75, 3.05) is 26.6 Å². The molecule has 6 heteroatoms. The number of hydrogen-bond acceptors (Lipinski definition) is 4. The Hall–Kier alpha value is -0.360. The molecule has 0 fully saturated rings. The zero-order chi connectivity index (χ0) is 9.98. The van der Waals surface area contributed by atoms with Gasteiger partial charge in [-0.25, -0.2) is 0 Å². The van der Waals surface area contributed by atoms with Crippen molar-refractivity contribution in [3.63, 3.8) is 0 Å². The van der Waals surface area contributed by atoms with Gasteiger partial charge in [-0.05, 0) is 12.5 Å².